The van der Waals surface area contributed by atoms with Gasteiger partial charge in [0.15, 0.2) is 0 Å². The average molecular weight is 330 g/mol. The van der Waals surface area contributed by atoms with Crippen LogP contribution in [-0.2, 0) is 11.2 Å². The molecule has 0 amide bonds. The van der Waals surface area contributed by atoms with Crippen LogP contribution in [0.5, 0.6) is 0 Å². The van der Waals surface area contributed by atoms with Gasteiger partial charge in [-0.25, -0.2) is 0 Å². The molecule has 0 spiro atoms. The van der Waals surface area contributed by atoms with Gasteiger partial charge < -0.3 is 9.90 Å². The quantitative estimate of drug-likeness (QED) is 0.600. The summed E-state index contributed by atoms with van der Waals surface area (Å²) >= 11 is 1.38. The lowest BCUT2D eigenvalue weighted by Gasteiger charge is -2.11. The van der Waals surface area contributed by atoms with Crippen molar-refractivity contribution in [2.45, 2.75) is 36.0 Å². The average Bonchev–Trinajstić information content (AvgIpc) is 2.48. The number of carboxylic acid groups (broad SMARTS) is 1. The van der Waals surface area contributed by atoms with Crippen LogP contribution in [0.3, 0.4) is 0 Å². The summed E-state index contributed by atoms with van der Waals surface area (Å²) in [7, 11) is 0. The van der Waals surface area contributed by atoms with Gasteiger partial charge >= 0.3 is 0 Å². The maximum absolute atomic E-state index is 10.9. The van der Waals surface area contributed by atoms with E-state index < -0.39 is 10.9 Å². The van der Waals surface area contributed by atoms with Crippen molar-refractivity contribution in [3.8, 4) is 0 Å². The molecular weight excluding hydrogens is 314 g/mol. The molecule has 0 aliphatic heterocycles. The van der Waals surface area contributed by atoms with E-state index in [1.165, 1.54) is 29.5 Å². The van der Waals surface area contributed by atoms with Gasteiger partial charge in [0.05, 0.1) is 4.92 Å². The molecule has 0 bridgehead atoms. The smallest absolute Gasteiger partial charge is 0.269 e. The predicted octanol–water partition coefficient (Wildman–Crippen LogP) is 3.16. The zero-order valence-corrected chi connectivity index (χ0v) is 13.6. The highest BCUT2D eigenvalue weighted by atomic mass is 32.2. The largest absolute Gasteiger partial charge is 0.550 e. The second-order valence-corrected chi connectivity index (χ2v) is 6.54. The summed E-state index contributed by atoms with van der Waals surface area (Å²) in [6.07, 6.45) is -0.353. The number of carbonyl (C=O) groups is 1. The summed E-state index contributed by atoms with van der Waals surface area (Å²) in [4.78, 5) is 22.8. The van der Waals surface area contributed by atoms with Crippen LogP contribution in [0.15, 0.2) is 52.3 Å². The van der Waals surface area contributed by atoms with Gasteiger partial charge in [-0.1, -0.05) is 37.7 Å². The molecule has 0 radical (unpaired) electrons. The first-order valence-electron chi connectivity index (χ1n) is 7.12. The Hall–Kier alpha value is -2.34. The molecular formula is C17H16NO4S-. The van der Waals surface area contributed by atoms with E-state index in [2.05, 4.69) is 13.8 Å². The maximum Gasteiger partial charge on any atom is 0.269 e. The Kier molecular flexibility index (Phi) is 5.39. The number of non-ortho nitro benzene ring substituents is 1. The van der Waals surface area contributed by atoms with Crippen LogP contribution >= 0.6 is 11.8 Å². The van der Waals surface area contributed by atoms with Gasteiger partial charge in [0.25, 0.3) is 5.69 Å². The van der Waals surface area contributed by atoms with E-state index in [1.54, 1.807) is 6.07 Å². The van der Waals surface area contributed by atoms with E-state index in [-0.39, 0.29) is 12.1 Å². The van der Waals surface area contributed by atoms with Crippen LogP contribution in [0.2, 0.25) is 0 Å². The van der Waals surface area contributed by atoms with Gasteiger partial charge in [-0.05, 0) is 35.2 Å². The number of hydrogen-bond donors (Lipinski definition) is 0. The molecule has 2 aromatic rings. The molecule has 0 aliphatic rings. The fraction of sp³-hybridized carbons (Fsp3) is 0.235. The minimum Gasteiger partial charge on any atom is -0.550 e. The van der Waals surface area contributed by atoms with E-state index in [4.69, 9.17) is 0 Å². The number of rotatable bonds is 6. The summed E-state index contributed by atoms with van der Waals surface area (Å²) in [5.41, 5.74) is 1.48. The third-order valence-electron chi connectivity index (χ3n) is 3.36. The van der Waals surface area contributed by atoms with Gasteiger partial charge in [0, 0.05) is 34.3 Å². The normalized spacial score (nSPS) is 10.7. The van der Waals surface area contributed by atoms with E-state index in [0.717, 1.165) is 4.90 Å². The molecule has 120 valence electrons. The molecule has 6 heteroatoms. The number of nitrogens with zero attached hydrogens (tertiary/aromatic N) is 1. The van der Waals surface area contributed by atoms with Crippen molar-refractivity contribution in [2.75, 3.05) is 0 Å². The highest BCUT2D eigenvalue weighted by molar-refractivity contribution is 7.99. The Labute approximate surface area is 138 Å². The van der Waals surface area contributed by atoms with Gasteiger partial charge in [0.1, 0.15) is 0 Å². The zero-order valence-electron chi connectivity index (χ0n) is 12.8. The Balaban J connectivity index is 2.30. The monoisotopic (exact) mass is 330 g/mol. The van der Waals surface area contributed by atoms with Crippen LogP contribution < -0.4 is 5.11 Å². The molecule has 2 rings (SSSR count). The number of carboxylic acids is 1. The molecule has 0 N–H and O–H groups in total. The first kappa shape index (κ1) is 17.0. The van der Waals surface area contributed by atoms with E-state index in [9.17, 15) is 20.0 Å². The van der Waals surface area contributed by atoms with Gasteiger partial charge in [-0.15, -0.1) is 0 Å². The van der Waals surface area contributed by atoms with Crippen molar-refractivity contribution in [2.24, 2.45) is 0 Å². The molecule has 0 saturated heterocycles. The van der Waals surface area contributed by atoms with Gasteiger partial charge in [-0.2, -0.15) is 0 Å². The third-order valence-corrected chi connectivity index (χ3v) is 4.49. The number of aliphatic carboxylic acids is 1. The van der Waals surface area contributed by atoms with Crippen molar-refractivity contribution in [3.63, 3.8) is 0 Å². The molecule has 0 saturated carbocycles. The summed E-state index contributed by atoms with van der Waals surface area (Å²) < 4.78 is 0. The van der Waals surface area contributed by atoms with Crippen molar-refractivity contribution >= 4 is 23.4 Å². The molecule has 2 aromatic carbocycles. The number of benzene rings is 2. The molecule has 0 unspecified atom stereocenters. The van der Waals surface area contributed by atoms with E-state index in [1.807, 2.05) is 24.3 Å². The minimum atomic E-state index is -1.26. The summed E-state index contributed by atoms with van der Waals surface area (Å²) in [6.45, 7) is 4.22. The fourth-order valence-electron chi connectivity index (χ4n) is 2.12. The maximum atomic E-state index is 10.9. The molecule has 5 nitrogen and oxygen atoms in total. The van der Waals surface area contributed by atoms with Crippen LogP contribution in [0.25, 0.3) is 0 Å². The van der Waals surface area contributed by atoms with E-state index >= 15 is 0 Å². The second kappa shape index (κ2) is 7.28. The SMILES string of the molecule is CC(C)c1ccc(Sc2ccc([N+](=O)[O-])cc2CC(=O)[O-])cc1. The minimum absolute atomic E-state index is 0.124. The van der Waals surface area contributed by atoms with Crippen molar-refractivity contribution in [1.29, 1.82) is 0 Å². The first-order valence-corrected chi connectivity index (χ1v) is 7.93. The molecule has 0 heterocycles. The molecule has 0 fully saturated rings. The fourth-order valence-corrected chi connectivity index (χ4v) is 3.04. The molecule has 23 heavy (non-hydrogen) atoms. The van der Waals surface area contributed by atoms with Crippen molar-refractivity contribution < 1.29 is 14.8 Å². The Morgan fingerprint density at radius 2 is 1.83 bits per heavy atom. The first-order chi connectivity index (χ1) is 10.9. The second-order valence-electron chi connectivity index (χ2n) is 5.42. The van der Waals surface area contributed by atoms with Crippen molar-refractivity contribution in [1.82, 2.24) is 0 Å². The third kappa shape index (κ3) is 4.56. The lowest BCUT2D eigenvalue weighted by molar-refractivity contribution is -0.385. The van der Waals surface area contributed by atoms with Crippen LogP contribution in [0.1, 0.15) is 30.9 Å². The Bertz CT molecular complexity index is 726. The Morgan fingerprint density at radius 3 is 2.35 bits per heavy atom. The molecule has 0 aliphatic carbocycles. The number of hydrogen-bond acceptors (Lipinski definition) is 5. The van der Waals surface area contributed by atoms with Crippen molar-refractivity contribution in [3.05, 3.63) is 63.7 Å². The topological polar surface area (TPSA) is 83.3 Å². The van der Waals surface area contributed by atoms with Crippen LogP contribution in [0, 0.1) is 10.1 Å². The highest BCUT2D eigenvalue weighted by Gasteiger charge is 2.12. The number of nitro benzene ring substituents is 1. The Morgan fingerprint density at radius 1 is 1.17 bits per heavy atom. The number of carbonyl (C=O) groups excluding carboxylic acids is 1. The molecule has 0 atom stereocenters. The van der Waals surface area contributed by atoms with Gasteiger partial charge in [-0.3, -0.25) is 10.1 Å². The number of nitro groups is 1. The highest BCUT2D eigenvalue weighted by Crippen LogP contribution is 2.33. The molecule has 0 aromatic heterocycles. The summed E-state index contributed by atoms with van der Waals surface area (Å²) in [6, 6.07) is 12.2. The van der Waals surface area contributed by atoms with E-state index in [0.29, 0.717) is 16.4 Å². The van der Waals surface area contributed by atoms with Gasteiger partial charge in [0.2, 0.25) is 0 Å². The lowest BCUT2D eigenvalue weighted by atomic mass is 10.0. The zero-order chi connectivity index (χ0) is 17.0. The summed E-state index contributed by atoms with van der Waals surface area (Å²) in [5, 5.41) is 21.7. The standard InChI is InChI=1S/C17H17NO4S/c1-11(2)12-3-6-15(7-4-12)23-16-8-5-14(18(21)22)9-13(16)10-17(19)20/h3-9,11H,10H2,1-2H3,(H,19,20)/p-1. The van der Waals surface area contributed by atoms with Crippen LogP contribution in [-0.4, -0.2) is 10.9 Å². The van der Waals surface area contributed by atoms with Crippen LogP contribution in [0.4, 0.5) is 5.69 Å². The summed E-state index contributed by atoms with van der Waals surface area (Å²) in [5.74, 6) is -0.829. The lowest BCUT2D eigenvalue weighted by Crippen LogP contribution is -2.24. The predicted molar refractivity (Wildman–Crippen MR) is 86.5 cm³/mol.